The van der Waals surface area contributed by atoms with Gasteiger partial charge in [-0.2, -0.15) is 0 Å². The third kappa shape index (κ3) is 6.04. The highest BCUT2D eigenvalue weighted by atomic mass is 16.4. The zero-order chi connectivity index (χ0) is 16.7. The number of aromatic hydroxyl groups is 2. The summed E-state index contributed by atoms with van der Waals surface area (Å²) in [7, 11) is 0. The van der Waals surface area contributed by atoms with Gasteiger partial charge in [0.05, 0.1) is 6.42 Å². The zero-order valence-corrected chi connectivity index (χ0v) is 13.4. The van der Waals surface area contributed by atoms with E-state index in [0.717, 1.165) is 12.8 Å². The Morgan fingerprint density at radius 3 is 2.18 bits per heavy atom. The molecule has 0 radical (unpaired) electrons. The van der Waals surface area contributed by atoms with Crippen LogP contribution in [0.25, 0.3) is 0 Å². The first-order valence-corrected chi connectivity index (χ1v) is 7.34. The molecule has 0 unspecified atom stereocenters. The summed E-state index contributed by atoms with van der Waals surface area (Å²) < 4.78 is 0. The van der Waals surface area contributed by atoms with Crippen molar-refractivity contribution in [3.63, 3.8) is 0 Å². The second-order valence-corrected chi connectivity index (χ2v) is 5.76. The Morgan fingerprint density at radius 1 is 1.09 bits per heavy atom. The van der Waals surface area contributed by atoms with Gasteiger partial charge in [-0.05, 0) is 57.7 Å². The number of hydrogen-bond donors (Lipinski definition) is 3. The zero-order valence-electron chi connectivity index (χ0n) is 13.4. The highest BCUT2D eigenvalue weighted by molar-refractivity contribution is 5.71. The topological polar surface area (TPSA) is 77.8 Å². The summed E-state index contributed by atoms with van der Waals surface area (Å²) in [6.07, 6.45) is 6.26. The van der Waals surface area contributed by atoms with E-state index in [1.165, 1.54) is 23.3 Å². The third-order valence-electron chi connectivity index (χ3n) is 3.36. The van der Waals surface area contributed by atoms with Crippen LogP contribution in [0.4, 0.5) is 0 Å². The van der Waals surface area contributed by atoms with E-state index >= 15 is 0 Å². The molecule has 0 heterocycles. The van der Waals surface area contributed by atoms with Gasteiger partial charge >= 0.3 is 5.97 Å². The van der Waals surface area contributed by atoms with E-state index < -0.39 is 5.97 Å². The number of rotatable bonds is 7. The van der Waals surface area contributed by atoms with Gasteiger partial charge in [-0.15, -0.1) is 0 Å². The third-order valence-corrected chi connectivity index (χ3v) is 3.36. The molecule has 3 N–H and O–H groups in total. The number of carbonyl (C=O) groups is 1. The molecule has 4 heteroatoms. The fourth-order valence-electron chi connectivity index (χ4n) is 2.15. The number of allylic oxidation sites excluding steroid dienone is 4. The van der Waals surface area contributed by atoms with Gasteiger partial charge in [0.15, 0.2) is 0 Å². The Labute approximate surface area is 131 Å². The van der Waals surface area contributed by atoms with Crippen molar-refractivity contribution in [3.8, 4) is 11.5 Å². The van der Waals surface area contributed by atoms with E-state index in [1.807, 2.05) is 13.0 Å². The second-order valence-electron chi connectivity index (χ2n) is 5.76. The molecule has 0 aliphatic carbocycles. The summed E-state index contributed by atoms with van der Waals surface area (Å²) in [4.78, 5) is 10.7. The molecule has 0 saturated heterocycles. The van der Waals surface area contributed by atoms with Crippen LogP contribution in [-0.4, -0.2) is 21.3 Å². The van der Waals surface area contributed by atoms with Gasteiger partial charge in [0.1, 0.15) is 11.5 Å². The lowest BCUT2D eigenvalue weighted by Gasteiger charge is -2.08. The molecule has 1 aromatic rings. The summed E-state index contributed by atoms with van der Waals surface area (Å²) in [5.41, 5.74) is 3.29. The maximum absolute atomic E-state index is 10.7. The molecule has 0 aliphatic rings. The maximum atomic E-state index is 10.7. The van der Waals surface area contributed by atoms with Gasteiger partial charge in [0.25, 0.3) is 0 Å². The van der Waals surface area contributed by atoms with Crippen LogP contribution in [0.2, 0.25) is 0 Å². The van der Waals surface area contributed by atoms with Crippen LogP contribution in [0.3, 0.4) is 0 Å². The standard InChI is InChI=1S/C18H24O4/c1-12(2)5-4-6-13(3)7-8-15-16(19)9-14(10-17(15)20)11-18(21)22/h5,7,9-10,19-20H,4,6,8,11H2,1-3H3,(H,21,22). The first-order chi connectivity index (χ1) is 10.3. The summed E-state index contributed by atoms with van der Waals surface area (Å²) >= 11 is 0. The molecule has 0 bridgehead atoms. The minimum absolute atomic E-state index is 0.0652. The van der Waals surface area contributed by atoms with Gasteiger partial charge < -0.3 is 15.3 Å². The van der Waals surface area contributed by atoms with Crippen LogP contribution in [0.1, 0.15) is 44.7 Å². The van der Waals surface area contributed by atoms with Gasteiger partial charge in [-0.1, -0.05) is 23.3 Å². The number of hydrogen-bond acceptors (Lipinski definition) is 3. The highest BCUT2D eigenvalue weighted by Crippen LogP contribution is 2.30. The predicted molar refractivity (Wildman–Crippen MR) is 87.2 cm³/mol. The summed E-state index contributed by atoms with van der Waals surface area (Å²) in [5.74, 6) is -1.13. The lowest BCUT2D eigenvalue weighted by Crippen LogP contribution is -2.00. The van der Waals surface area contributed by atoms with Crippen molar-refractivity contribution in [2.45, 2.75) is 46.5 Å². The molecule has 0 spiro atoms. The molecule has 0 atom stereocenters. The van der Waals surface area contributed by atoms with Crippen molar-refractivity contribution in [3.05, 3.63) is 46.6 Å². The molecule has 0 fully saturated rings. The molecule has 4 nitrogen and oxygen atoms in total. The number of benzene rings is 1. The van der Waals surface area contributed by atoms with Crippen molar-refractivity contribution in [1.29, 1.82) is 0 Å². The lowest BCUT2D eigenvalue weighted by molar-refractivity contribution is -0.136. The van der Waals surface area contributed by atoms with E-state index in [-0.39, 0.29) is 17.9 Å². The van der Waals surface area contributed by atoms with E-state index in [1.54, 1.807) is 0 Å². The first kappa shape index (κ1) is 17.8. The number of aliphatic carboxylic acids is 1. The van der Waals surface area contributed by atoms with E-state index in [4.69, 9.17) is 5.11 Å². The lowest BCUT2D eigenvalue weighted by atomic mass is 10.0. The van der Waals surface area contributed by atoms with Gasteiger partial charge in [-0.3, -0.25) is 4.79 Å². The average Bonchev–Trinajstić information content (AvgIpc) is 2.36. The monoisotopic (exact) mass is 304 g/mol. The molecule has 0 amide bonds. The van der Waals surface area contributed by atoms with Crippen molar-refractivity contribution in [2.24, 2.45) is 0 Å². The Bertz CT molecular complexity index is 570. The second kappa shape index (κ2) is 8.27. The van der Waals surface area contributed by atoms with Gasteiger partial charge in [0.2, 0.25) is 0 Å². The Balaban J connectivity index is 2.77. The average molecular weight is 304 g/mol. The molecule has 1 aromatic carbocycles. The summed E-state index contributed by atoms with van der Waals surface area (Å²) in [6.45, 7) is 6.15. The van der Waals surface area contributed by atoms with Crippen LogP contribution in [0, 0.1) is 0 Å². The maximum Gasteiger partial charge on any atom is 0.307 e. The molecular weight excluding hydrogens is 280 g/mol. The summed E-state index contributed by atoms with van der Waals surface area (Å²) in [5, 5.41) is 28.6. The van der Waals surface area contributed by atoms with Crippen molar-refractivity contribution < 1.29 is 20.1 Å². The Kier molecular flexibility index (Phi) is 6.70. The predicted octanol–water partition coefficient (Wildman–Crippen LogP) is 3.96. The summed E-state index contributed by atoms with van der Waals surface area (Å²) in [6, 6.07) is 2.80. The molecule has 120 valence electrons. The van der Waals surface area contributed by atoms with E-state index in [0.29, 0.717) is 17.5 Å². The molecule has 22 heavy (non-hydrogen) atoms. The molecule has 0 aliphatic heterocycles. The molecule has 1 rings (SSSR count). The smallest absolute Gasteiger partial charge is 0.307 e. The molecule has 0 aromatic heterocycles. The van der Waals surface area contributed by atoms with Crippen LogP contribution < -0.4 is 0 Å². The minimum Gasteiger partial charge on any atom is -0.508 e. The Morgan fingerprint density at radius 2 is 1.68 bits per heavy atom. The van der Waals surface area contributed by atoms with E-state index in [9.17, 15) is 15.0 Å². The molecular formula is C18H24O4. The fraction of sp³-hybridized carbons (Fsp3) is 0.389. The van der Waals surface area contributed by atoms with Crippen molar-refractivity contribution in [2.75, 3.05) is 0 Å². The van der Waals surface area contributed by atoms with Crippen LogP contribution in [0.15, 0.2) is 35.4 Å². The largest absolute Gasteiger partial charge is 0.508 e. The fourth-order valence-corrected chi connectivity index (χ4v) is 2.15. The van der Waals surface area contributed by atoms with Crippen LogP contribution >= 0.6 is 0 Å². The minimum atomic E-state index is -0.999. The number of carboxylic acid groups (broad SMARTS) is 1. The Hall–Kier alpha value is -2.23. The van der Waals surface area contributed by atoms with Crippen molar-refractivity contribution >= 4 is 5.97 Å². The molecule has 0 saturated carbocycles. The normalized spacial score (nSPS) is 11.3. The quantitative estimate of drug-likeness (QED) is 0.666. The van der Waals surface area contributed by atoms with E-state index in [2.05, 4.69) is 19.9 Å². The van der Waals surface area contributed by atoms with Crippen LogP contribution in [-0.2, 0) is 17.6 Å². The van der Waals surface area contributed by atoms with Gasteiger partial charge in [-0.25, -0.2) is 0 Å². The SMILES string of the molecule is CC(C)=CCCC(C)=CCc1c(O)cc(CC(=O)O)cc1O. The van der Waals surface area contributed by atoms with Crippen molar-refractivity contribution in [1.82, 2.24) is 0 Å². The number of carboxylic acids is 1. The van der Waals surface area contributed by atoms with Gasteiger partial charge in [0, 0.05) is 5.56 Å². The first-order valence-electron chi connectivity index (χ1n) is 7.34. The van der Waals surface area contributed by atoms with Crippen LogP contribution in [0.5, 0.6) is 11.5 Å². The highest BCUT2D eigenvalue weighted by Gasteiger charge is 2.10. The number of phenols is 2. The number of phenolic OH excluding ortho intramolecular Hbond substituents is 2.